The van der Waals surface area contributed by atoms with E-state index >= 15 is 0 Å². The molecule has 5 heterocycles. The maximum Gasteiger partial charge on any atom is 0.240 e. The number of hydrogen-bond acceptors (Lipinski definition) is 9. The fraction of sp³-hybridized carbons (Fsp3) is 0.292. The molecule has 172 valence electrons. The normalized spacial score (nSPS) is 15.0. The quantitative estimate of drug-likeness (QED) is 0.394. The van der Waals surface area contributed by atoms with Crippen molar-refractivity contribution in [2.75, 3.05) is 19.6 Å². The molecule has 0 radical (unpaired) electrons. The Labute approximate surface area is 194 Å². The number of aromatic nitrogens is 6. The fourth-order valence-corrected chi connectivity index (χ4v) is 4.06. The van der Waals surface area contributed by atoms with Crippen molar-refractivity contribution in [2.45, 2.75) is 26.1 Å². The molecule has 1 N–H and O–H groups in total. The van der Waals surface area contributed by atoms with Gasteiger partial charge in [0.15, 0.2) is 11.3 Å². The van der Waals surface area contributed by atoms with Crippen LogP contribution in [0.15, 0.2) is 53.2 Å². The van der Waals surface area contributed by atoms with Crippen LogP contribution >= 0.6 is 0 Å². The molecular weight excluding hydrogens is 434 g/mol. The van der Waals surface area contributed by atoms with Crippen LogP contribution in [0.1, 0.15) is 29.5 Å². The number of aryl methyl sites for hydroxylation is 1. The number of hydrogen-bond donors (Lipinski definition) is 1. The van der Waals surface area contributed by atoms with Gasteiger partial charge in [0.1, 0.15) is 18.5 Å². The molecule has 1 saturated heterocycles. The molecule has 0 bridgehead atoms. The zero-order chi connectivity index (χ0) is 23.1. The number of likely N-dealkylation sites (tertiary alicyclic amines) is 1. The molecule has 10 heteroatoms. The summed E-state index contributed by atoms with van der Waals surface area (Å²) in [5, 5.41) is 29.4. The molecule has 0 aliphatic carbocycles. The smallest absolute Gasteiger partial charge is 0.240 e. The third kappa shape index (κ3) is 3.76. The lowest BCUT2D eigenvalue weighted by Gasteiger charge is -2.32. The maximum atomic E-state index is 10.4. The minimum absolute atomic E-state index is 0.276. The Kier molecular flexibility index (Phi) is 5.16. The van der Waals surface area contributed by atoms with Gasteiger partial charge in [-0.15, -0.1) is 15.3 Å². The number of aliphatic hydroxyl groups is 1. The lowest BCUT2D eigenvalue weighted by atomic mass is 10.1. The van der Waals surface area contributed by atoms with E-state index in [-0.39, 0.29) is 6.61 Å². The largest absolute Gasteiger partial charge is 0.471 e. The van der Waals surface area contributed by atoms with Crippen LogP contribution in [0, 0.1) is 6.92 Å². The summed E-state index contributed by atoms with van der Waals surface area (Å²) in [6.45, 7) is 4.79. The van der Waals surface area contributed by atoms with Crippen LogP contribution in [0.5, 0.6) is 5.88 Å². The van der Waals surface area contributed by atoms with Crippen molar-refractivity contribution in [3.63, 3.8) is 0 Å². The van der Waals surface area contributed by atoms with Crippen molar-refractivity contribution in [3.05, 3.63) is 65.7 Å². The highest BCUT2D eigenvalue weighted by Crippen LogP contribution is 2.29. The summed E-state index contributed by atoms with van der Waals surface area (Å²) in [5.41, 5.74) is 2.70. The molecule has 10 nitrogen and oxygen atoms in total. The summed E-state index contributed by atoms with van der Waals surface area (Å²) in [7, 11) is 0. The number of nitrogens with zero attached hydrogens (tertiary/aromatic N) is 7. The Morgan fingerprint density at radius 3 is 2.68 bits per heavy atom. The van der Waals surface area contributed by atoms with E-state index in [1.165, 1.54) is 6.42 Å². The molecule has 0 amide bonds. The molecule has 1 aliphatic heterocycles. The maximum absolute atomic E-state index is 10.4. The molecule has 1 atom stereocenters. The van der Waals surface area contributed by atoms with Crippen LogP contribution in [0.4, 0.5) is 0 Å². The summed E-state index contributed by atoms with van der Waals surface area (Å²) in [4.78, 5) is 6.66. The highest BCUT2D eigenvalue weighted by Gasteiger charge is 2.20. The first kappa shape index (κ1) is 20.7. The highest BCUT2D eigenvalue weighted by molar-refractivity contribution is 5.96. The second-order valence-electron chi connectivity index (χ2n) is 8.48. The second-order valence-corrected chi connectivity index (χ2v) is 8.48. The number of ether oxygens (including phenoxy) is 1. The van der Waals surface area contributed by atoms with Gasteiger partial charge in [0.05, 0.1) is 5.69 Å². The van der Waals surface area contributed by atoms with Gasteiger partial charge in [0.25, 0.3) is 0 Å². The Hall–Kier alpha value is -3.89. The lowest BCUT2D eigenvalue weighted by molar-refractivity contribution is 0.0763. The van der Waals surface area contributed by atoms with Gasteiger partial charge in [-0.25, -0.2) is 0 Å². The monoisotopic (exact) mass is 457 g/mol. The molecule has 6 rings (SSSR count). The zero-order valence-corrected chi connectivity index (χ0v) is 18.6. The van der Waals surface area contributed by atoms with Crippen LogP contribution < -0.4 is 4.74 Å². The first-order chi connectivity index (χ1) is 16.7. The van der Waals surface area contributed by atoms with Crippen LogP contribution in [-0.4, -0.2) is 59.6 Å². The van der Waals surface area contributed by atoms with E-state index in [0.717, 1.165) is 29.4 Å². The van der Waals surface area contributed by atoms with E-state index in [9.17, 15) is 5.11 Å². The van der Waals surface area contributed by atoms with E-state index in [0.29, 0.717) is 41.0 Å². The number of β-amino-alcohol motifs (C(OH)–C–C–N with tert-alkyl or cyclic N) is 1. The predicted octanol–water partition coefficient (Wildman–Crippen LogP) is 2.95. The molecule has 1 fully saturated rings. The summed E-state index contributed by atoms with van der Waals surface area (Å²) in [5.74, 6) is 1.60. The van der Waals surface area contributed by atoms with Gasteiger partial charge in [-0.05, 0) is 38.6 Å². The van der Waals surface area contributed by atoms with Gasteiger partial charge in [0.2, 0.25) is 11.7 Å². The third-order valence-electron chi connectivity index (χ3n) is 6.03. The minimum Gasteiger partial charge on any atom is -0.471 e. The molecule has 34 heavy (non-hydrogen) atoms. The van der Waals surface area contributed by atoms with Crippen molar-refractivity contribution in [2.24, 2.45) is 0 Å². The summed E-state index contributed by atoms with van der Waals surface area (Å²) in [6, 6.07) is 13.3. The van der Waals surface area contributed by atoms with Crippen molar-refractivity contribution < 1.29 is 14.4 Å². The Morgan fingerprint density at radius 1 is 1.12 bits per heavy atom. The molecule has 1 unspecified atom stereocenters. The van der Waals surface area contributed by atoms with E-state index in [1.54, 1.807) is 16.8 Å². The van der Waals surface area contributed by atoms with Gasteiger partial charge in [-0.1, -0.05) is 29.4 Å². The summed E-state index contributed by atoms with van der Waals surface area (Å²) in [6.07, 6.45) is 2.34. The number of pyridine rings is 1. The topological polar surface area (TPSA) is 115 Å². The fourth-order valence-electron chi connectivity index (χ4n) is 4.06. The molecule has 1 aliphatic rings. The van der Waals surface area contributed by atoms with Crippen LogP contribution in [0.3, 0.4) is 0 Å². The number of benzene rings is 1. The number of fused-ring (bicyclic) bond motifs is 3. The molecule has 0 spiro atoms. The highest BCUT2D eigenvalue weighted by atomic mass is 16.5. The molecule has 1 aromatic carbocycles. The third-order valence-corrected chi connectivity index (χ3v) is 6.03. The number of rotatable bonds is 7. The minimum atomic E-state index is -0.587. The average Bonchev–Trinajstić information content (AvgIpc) is 3.46. The first-order valence-electron chi connectivity index (χ1n) is 11.2. The molecule has 4 aromatic heterocycles. The summed E-state index contributed by atoms with van der Waals surface area (Å²) >= 11 is 0. The van der Waals surface area contributed by atoms with E-state index < -0.39 is 6.10 Å². The van der Waals surface area contributed by atoms with Gasteiger partial charge >= 0.3 is 0 Å². The van der Waals surface area contributed by atoms with E-state index in [1.807, 2.05) is 43.3 Å². The van der Waals surface area contributed by atoms with Gasteiger partial charge < -0.3 is 19.3 Å². The SMILES string of the molecule is Cc1cc(-c2nnc3c4ccccc4c(OCc4ccc(C(O)CN5CCC5)nc4)nn23)no1. The van der Waals surface area contributed by atoms with Crippen LogP contribution in [-0.2, 0) is 6.61 Å². The van der Waals surface area contributed by atoms with E-state index in [2.05, 4.69) is 30.3 Å². The van der Waals surface area contributed by atoms with Crippen LogP contribution in [0.25, 0.3) is 27.9 Å². The van der Waals surface area contributed by atoms with Gasteiger partial charge in [-0.3, -0.25) is 4.98 Å². The molecule has 0 saturated carbocycles. The first-order valence-corrected chi connectivity index (χ1v) is 11.2. The average molecular weight is 457 g/mol. The van der Waals surface area contributed by atoms with Crippen molar-refractivity contribution >= 4 is 16.4 Å². The molecule has 5 aromatic rings. The second kappa shape index (κ2) is 8.47. The predicted molar refractivity (Wildman–Crippen MR) is 123 cm³/mol. The Balaban J connectivity index is 1.28. The number of aliphatic hydroxyl groups excluding tert-OH is 1. The van der Waals surface area contributed by atoms with E-state index in [4.69, 9.17) is 9.26 Å². The van der Waals surface area contributed by atoms with Crippen molar-refractivity contribution in [1.82, 2.24) is 34.9 Å². The van der Waals surface area contributed by atoms with Gasteiger partial charge in [0, 0.05) is 35.1 Å². The van der Waals surface area contributed by atoms with Crippen LogP contribution in [0.2, 0.25) is 0 Å². The standard InChI is InChI=1S/C24H23N7O3/c1-15-11-20(29-34-15)23-27-26-22-17-5-2-3-6-18(17)24(28-31(22)23)33-14-16-7-8-19(25-12-16)21(32)13-30-9-4-10-30/h2-3,5-8,11-12,21,32H,4,9-10,13-14H2,1H3. The molecular formula is C24H23N7O3. The van der Waals surface area contributed by atoms with Crippen molar-refractivity contribution in [3.8, 4) is 17.4 Å². The zero-order valence-electron chi connectivity index (χ0n) is 18.6. The van der Waals surface area contributed by atoms with Gasteiger partial charge in [-0.2, -0.15) is 4.52 Å². The van der Waals surface area contributed by atoms with Crippen molar-refractivity contribution in [1.29, 1.82) is 0 Å². The lowest BCUT2D eigenvalue weighted by Crippen LogP contribution is -2.40. The summed E-state index contributed by atoms with van der Waals surface area (Å²) < 4.78 is 13.0. The Bertz CT molecular complexity index is 1460. The Morgan fingerprint density at radius 2 is 1.97 bits per heavy atom.